The summed E-state index contributed by atoms with van der Waals surface area (Å²) in [5.74, 6) is 0. The standard InChI is InChI=1S/C15H24O2/c1-13(2)6-4-7-14(3)8-5-9-15(12-17)10-11-16/h6,8,10-12,16-17H,4-5,7,9H2,1-3H3. The van der Waals surface area contributed by atoms with Crippen LogP contribution in [0.1, 0.15) is 46.5 Å². The summed E-state index contributed by atoms with van der Waals surface area (Å²) in [6.07, 6.45) is 11.7. The summed E-state index contributed by atoms with van der Waals surface area (Å²) in [6, 6.07) is 0. The third-order valence-electron chi connectivity index (χ3n) is 2.47. The molecule has 96 valence electrons. The van der Waals surface area contributed by atoms with Gasteiger partial charge in [0.1, 0.15) is 0 Å². The third-order valence-corrected chi connectivity index (χ3v) is 2.47. The minimum absolute atomic E-state index is 0.737. The first-order chi connectivity index (χ1) is 8.10. The van der Waals surface area contributed by atoms with Crippen molar-refractivity contribution in [1.29, 1.82) is 0 Å². The largest absolute Gasteiger partial charge is 0.516 e. The Bertz CT molecular complexity index is 316. The van der Waals surface area contributed by atoms with Crippen LogP contribution >= 0.6 is 0 Å². The molecule has 0 aromatic carbocycles. The lowest BCUT2D eigenvalue weighted by atomic mass is 10.1. The molecule has 0 amide bonds. The lowest BCUT2D eigenvalue weighted by Gasteiger charge is -2.00. The van der Waals surface area contributed by atoms with Crippen LogP contribution in [-0.2, 0) is 0 Å². The van der Waals surface area contributed by atoms with Gasteiger partial charge in [0.05, 0.1) is 12.5 Å². The summed E-state index contributed by atoms with van der Waals surface area (Å²) in [7, 11) is 0. The van der Waals surface area contributed by atoms with Crippen molar-refractivity contribution in [3.63, 3.8) is 0 Å². The number of rotatable bonds is 7. The highest BCUT2D eigenvalue weighted by Gasteiger charge is 1.93. The summed E-state index contributed by atoms with van der Waals surface area (Å²) < 4.78 is 0. The van der Waals surface area contributed by atoms with Crippen molar-refractivity contribution < 1.29 is 10.2 Å². The molecule has 0 aromatic rings. The molecule has 0 bridgehead atoms. The van der Waals surface area contributed by atoms with E-state index in [9.17, 15) is 0 Å². The highest BCUT2D eigenvalue weighted by atomic mass is 16.2. The average Bonchev–Trinajstić information content (AvgIpc) is 2.27. The lowest BCUT2D eigenvalue weighted by Crippen LogP contribution is -1.81. The predicted octanol–water partition coefficient (Wildman–Crippen LogP) is 4.97. The maximum Gasteiger partial charge on any atom is 0.0824 e. The highest BCUT2D eigenvalue weighted by Crippen LogP contribution is 2.11. The van der Waals surface area contributed by atoms with Crippen LogP contribution in [0, 0.1) is 0 Å². The topological polar surface area (TPSA) is 40.5 Å². The van der Waals surface area contributed by atoms with Gasteiger partial charge in [0, 0.05) is 0 Å². The molecule has 0 saturated heterocycles. The maximum atomic E-state index is 8.87. The van der Waals surface area contributed by atoms with Crippen LogP contribution in [0.25, 0.3) is 0 Å². The van der Waals surface area contributed by atoms with Gasteiger partial charge < -0.3 is 10.2 Å². The van der Waals surface area contributed by atoms with Crippen molar-refractivity contribution in [2.75, 3.05) is 0 Å². The van der Waals surface area contributed by atoms with Crippen LogP contribution in [0.2, 0.25) is 0 Å². The molecule has 17 heavy (non-hydrogen) atoms. The molecule has 0 aliphatic rings. The van der Waals surface area contributed by atoms with Crippen LogP contribution in [-0.4, -0.2) is 10.2 Å². The summed E-state index contributed by atoms with van der Waals surface area (Å²) >= 11 is 0. The fourth-order valence-corrected chi connectivity index (χ4v) is 1.46. The Morgan fingerprint density at radius 2 is 1.59 bits per heavy atom. The number of aliphatic hydroxyl groups excluding tert-OH is 2. The van der Waals surface area contributed by atoms with Gasteiger partial charge in [0.15, 0.2) is 0 Å². The van der Waals surface area contributed by atoms with Crippen molar-refractivity contribution >= 4 is 0 Å². The maximum absolute atomic E-state index is 8.87. The molecule has 0 heterocycles. The first kappa shape index (κ1) is 15.6. The van der Waals surface area contributed by atoms with Crippen LogP contribution < -0.4 is 0 Å². The Kier molecular flexibility index (Phi) is 8.94. The molecule has 0 radical (unpaired) electrons. The Labute approximate surface area is 105 Å². The molecule has 0 spiro atoms. The van der Waals surface area contributed by atoms with E-state index in [-0.39, 0.29) is 0 Å². The normalized spacial score (nSPS) is 13.1. The van der Waals surface area contributed by atoms with E-state index >= 15 is 0 Å². The van der Waals surface area contributed by atoms with E-state index in [0.717, 1.165) is 43.8 Å². The van der Waals surface area contributed by atoms with E-state index in [0.29, 0.717) is 0 Å². The molecule has 0 unspecified atom stereocenters. The van der Waals surface area contributed by atoms with Gasteiger partial charge in [0.25, 0.3) is 0 Å². The monoisotopic (exact) mass is 236 g/mol. The van der Waals surface area contributed by atoms with Crippen molar-refractivity contribution in [2.45, 2.75) is 46.5 Å². The molecule has 0 aromatic heterocycles. The molecule has 0 saturated carbocycles. The fourth-order valence-electron chi connectivity index (χ4n) is 1.46. The first-order valence-corrected chi connectivity index (χ1v) is 6.03. The van der Waals surface area contributed by atoms with E-state index in [2.05, 4.69) is 32.9 Å². The molecular formula is C15H24O2. The number of hydrogen-bond donors (Lipinski definition) is 2. The van der Waals surface area contributed by atoms with Gasteiger partial charge in [-0.05, 0) is 58.1 Å². The van der Waals surface area contributed by atoms with E-state index in [4.69, 9.17) is 10.2 Å². The third kappa shape index (κ3) is 9.49. The van der Waals surface area contributed by atoms with Crippen LogP contribution in [0.3, 0.4) is 0 Å². The zero-order valence-corrected chi connectivity index (χ0v) is 11.1. The van der Waals surface area contributed by atoms with Gasteiger partial charge in [0.2, 0.25) is 0 Å². The van der Waals surface area contributed by atoms with Gasteiger partial charge >= 0.3 is 0 Å². The lowest BCUT2D eigenvalue weighted by molar-refractivity contribution is 0.460. The van der Waals surface area contributed by atoms with Gasteiger partial charge in [-0.3, -0.25) is 0 Å². The molecule has 2 nitrogen and oxygen atoms in total. The predicted molar refractivity (Wildman–Crippen MR) is 74.1 cm³/mol. The van der Waals surface area contributed by atoms with Gasteiger partial charge in [-0.1, -0.05) is 23.3 Å². The van der Waals surface area contributed by atoms with Crippen molar-refractivity contribution in [2.24, 2.45) is 0 Å². The summed E-state index contributed by atoms with van der Waals surface area (Å²) in [5, 5.41) is 17.5. The van der Waals surface area contributed by atoms with Crippen LogP contribution in [0.5, 0.6) is 0 Å². The molecule has 0 aliphatic heterocycles. The minimum atomic E-state index is 0.737. The Morgan fingerprint density at radius 1 is 0.941 bits per heavy atom. The molecule has 0 aliphatic carbocycles. The van der Waals surface area contributed by atoms with Crippen molar-refractivity contribution in [1.82, 2.24) is 0 Å². The molecule has 0 rings (SSSR count). The Morgan fingerprint density at radius 3 is 2.12 bits per heavy atom. The fraction of sp³-hybridized carbons (Fsp3) is 0.467. The average molecular weight is 236 g/mol. The first-order valence-electron chi connectivity index (χ1n) is 6.03. The highest BCUT2D eigenvalue weighted by molar-refractivity contribution is 5.15. The van der Waals surface area contributed by atoms with E-state index in [1.165, 1.54) is 17.2 Å². The Hall–Kier alpha value is -1.44. The second-order valence-corrected chi connectivity index (χ2v) is 4.43. The van der Waals surface area contributed by atoms with Gasteiger partial charge in [-0.25, -0.2) is 0 Å². The SMILES string of the molecule is CC(C)=CCCC(C)=CCCC(C=CO)=CO. The van der Waals surface area contributed by atoms with Gasteiger partial charge in [-0.2, -0.15) is 0 Å². The molecular weight excluding hydrogens is 212 g/mol. The van der Waals surface area contributed by atoms with Crippen LogP contribution in [0.15, 0.2) is 47.5 Å². The van der Waals surface area contributed by atoms with E-state index in [1.807, 2.05) is 0 Å². The smallest absolute Gasteiger partial charge is 0.0824 e. The molecule has 0 atom stereocenters. The van der Waals surface area contributed by atoms with Gasteiger partial charge in [-0.15, -0.1) is 0 Å². The quantitative estimate of drug-likeness (QED) is 0.372. The van der Waals surface area contributed by atoms with Crippen molar-refractivity contribution in [3.05, 3.63) is 47.5 Å². The van der Waals surface area contributed by atoms with E-state index in [1.54, 1.807) is 0 Å². The minimum Gasteiger partial charge on any atom is -0.516 e. The number of hydrogen-bond acceptors (Lipinski definition) is 2. The second kappa shape index (κ2) is 9.76. The van der Waals surface area contributed by atoms with E-state index < -0.39 is 0 Å². The molecule has 2 heteroatoms. The summed E-state index contributed by atoms with van der Waals surface area (Å²) in [6.45, 7) is 6.35. The zero-order valence-electron chi connectivity index (χ0n) is 11.1. The zero-order chi connectivity index (χ0) is 13.1. The number of aliphatic hydroxyl groups is 2. The van der Waals surface area contributed by atoms with Crippen molar-refractivity contribution in [3.8, 4) is 0 Å². The summed E-state index contributed by atoms with van der Waals surface area (Å²) in [4.78, 5) is 0. The second-order valence-electron chi connectivity index (χ2n) is 4.43. The molecule has 2 N–H and O–H groups in total. The molecule has 0 fully saturated rings. The summed E-state index contributed by atoms with van der Waals surface area (Å²) in [5.41, 5.74) is 3.46. The number of allylic oxidation sites excluding steroid dienone is 6. The Balaban J connectivity index is 3.95. The van der Waals surface area contributed by atoms with Crippen LogP contribution in [0.4, 0.5) is 0 Å².